The number of aromatic nitrogens is 1. The number of hydrogen-bond donors (Lipinski definition) is 1. The average Bonchev–Trinajstić information content (AvgIpc) is 2.59. The average molecular weight is 362 g/mol. The lowest BCUT2D eigenvalue weighted by Gasteiger charge is -2.09. The minimum atomic E-state index is -4.39. The summed E-state index contributed by atoms with van der Waals surface area (Å²) in [6.07, 6.45) is -2.84. The van der Waals surface area contributed by atoms with Gasteiger partial charge in [0, 0.05) is 10.3 Å². The van der Waals surface area contributed by atoms with Crippen LogP contribution < -0.4 is 5.32 Å². The van der Waals surface area contributed by atoms with Gasteiger partial charge in [-0.1, -0.05) is 24.3 Å². The van der Waals surface area contributed by atoms with Gasteiger partial charge in [0.05, 0.1) is 28.7 Å². The number of pyridine rings is 1. The highest BCUT2D eigenvalue weighted by Gasteiger charge is 2.30. The molecule has 128 valence electrons. The van der Waals surface area contributed by atoms with E-state index in [0.717, 1.165) is 34.8 Å². The third kappa shape index (κ3) is 4.51. The second-order valence-electron chi connectivity index (χ2n) is 5.28. The molecule has 0 saturated carbocycles. The van der Waals surface area contributed by atoms with E-state index in [-0.39, 0.29) is 11.7 Å². The van der Waals surface area contributed by atoms with Gasteiger partial charge in [-0.2, -0.15) is 13.2 Å². The Morgan fingerprint density at radius 3 is 2.68 bits per heavy atom. The lowest BCUT2D eigenvalue weighted by molar-refractivity contribution is -0.137. The van der Waals surface area contributed by atoms with Gasteiger partial charge < -0.3 is 5.32 Å². The van der Waals surface area contributed by atoms with Crippen molar-refractivity contribution in [1.29, 1.82) is 0 Å². The quantitative estimate of drug-likeness (QED) is 0.665. The third-order valence-electron chi connectivity index (χ3n) is 3.41. The first-order valence-electron chi connectivity index (χ1n) is 7.36. The Kier molecular flexibility index (Phi) is 4.94. The van der Waals surface area contributed by atoms with E-state index in [1.54, 1.807) is 18.3 Å². The molecule has 3 rings (SSSR count). The fraction of sp³-hybridized carbons (Fsp3) is 0.111. The molecule has 1 amide bonds. The number of halogens is 3. The lowest BCUT2D eigenvalue weighted by atomic mass is 10.2. The van der Waals surface area contributed by atoms with Crippen molar-refractivity contribution in [2.45, 2.75) is 11.1 Å². The minimum absolute atomic E-state index is 0.00807. The zero-order valence-corrected chi connectivity index (χ0v) is 13.7. The lowest BCUT2D eigenvalue weighted by Crippen LogP contribution is -2.14. The first-order chi connectivity index (χ1) is 11.9. The maximum absolute atomic E-state index is 12.7. The Morgan fingerprint density at radius 1 is 1.08 bits per heavy atom. The number of rotatable bonds is 4. The molecule has 2 aromatic carbocycles. The van der Waals surface area contributed by atoms with Crippen molar-refractivity contribution in [3.8, 4) is 0 Å². The van der Waals surface area contributed by atoms with Crippen molar-refractivity contribution in [1.82, 2.24) is 4.98 Å². The van der Waals surface area contributed by atoms with Crippen molar-refractivity contribution in [3.05, 3.63) is 66.4 Å². The molecule has 0 unspecified atom stereocenters. The summed E-state index contributed by atoms with van der Waals surface area (Å²) in [5.41, 5.74) is 0.642. The number of hydrogen-bond acceptors (Lipinski definition) is 3. The Balaban J connectivity index is 1.62. The molecule has 0 radical (unpaired) electrons. The maximum atomic E-state index is 12.7. The van der Waals surface area contributed by atoms with E-state index in [0.29, 0.717) is 10.6 Å². The molecule has 0 spiro atoms. The molecular formula is C18H13F3N2OS. The number of benzene rings is 2. The van der Waals surface area contributed by atoms with Crippen molar-refractivity contribution in [2.24, 2.45) is 0 Å². The Labute approximate surface area is 146 Å². The summed E-state index contributed by atoms with van der Waals surface area (Å²) in [5.74, 6) is -0.298. The second-order valence-corrected chi connectivity index (χ2v) is 6.33. The number of nitrogens with zero attached hydrogens (tertiary/aromatic N) is 1. The van der Waals surface area contributed by atoms with Crippen LogP contribution in [-0.4, -0.2) is 16.6 Å². The zero-order valence-electron chi connectivity index (χ0n) is 12.9. The van der Waals surface area contributed by atoms with Gasteiger partial charge in [-0.25, -0.2) is 0 Å². The van der Waals surface area contributed by atoms with Crippen LogP contribution in [0, 0.1) is 0 Å². The molecule has 0 atom stereocenters. The normalized spacial score (nSPS) is 11.5. The molecule has 0 aliphatic heterocycles. The van der Waals surface area contributed by atoms with E-state index < -0.39 is 11.7 Å². The first kappa shape index (κ1) is 17.3. The number of thioether (sulfide) groups is 1. The van der Waals surface area contributed by atoms with Crippen molar-refractivity contribution in [3.63, 3.8) is 0 Å². The summed E-state index contributed by atoms with van der Waals surface area (Å²) in [4.78, 5) is 16.7. The first-order valence-corrected chi connectivity index (χ1v) is 8.35. The summed E-state index contributed by atoms with van der Waals surface area (Å²) in [6, 6.07) is 14.2. The van der Waals surface area contributed by atoms with Gasteiger partial charge >= 0.3 is 6.18 Å². The SMILES string of the molecule is O=C(CSc1cccc(C(F)(F)F)c1)Nc1cnc2ccccc2c1. The fourth-order valence-corrected chi connectivity index (χ4v) is 3.00. The van der Waals surface area contributed by atoms with Crippen LogP contribution in [0.15, 0.2) is 65.7 Å². The summed E-state index contributed by atoms with van der Waals surface area (Å²) < 4.78 is 38.1. The van der Waals surface area contributed by atoms with Crippen molar-refractivity contribution >= 4 is 34.3 Å². The van der Waals surface area contributed by atoms with E-state index >= 15 is 0 Å². The minimum Gasteiger partial charge on any atom is -0.324 e. The van der Waals surface area contributed by atoms with Crippen LogP contribution in [0.5, 0.6) is 0 Å². The Morgan fingerprint density at radius 2 is 1.88 bits per heavy atom. The Hall–Kier alpha value is -2.54. The van der Waals surface area contributed by atoms with Crippen LogP contribution in [-0.2, 0) is 11.0 Å². The molecule has 3 nitrogen and oxygen atoms in total. The molecule has 0 aliphatic carbocycles. The van der Waals surface area contributed by atoms with E-state index in [9.17, 15) is 18.0 Å². The highest BCUT2D eigenvalue weighted by molar-refractivity contribution is 8.00. The number of para-hydroxylation sites is 1. The van der Waals surface area contributed by atoms with Crippen LogP contribution in [0.4, 0.5) is 18.9 Å². The van der Waals surface area contributed by atoms with Crippen LogP contribution in [0.2, 0.25) is 0 Å². The molecule has 0 bridgehead atoms. The van der Waals surface area contributed by atoms with Gasteiger partial charge in [-0.3, -0.25) is 9.78 Å². The number of anilines is 1. The predicted molar refractivity (Wildman–Crippen MR) is 92.5 cm³/mol. The van der Waals surface area contributed by atoms with Crippen molar-refractivity contribution in [2.75, 3.05) is 11.1 Å². The molecule has 1 N–H and O–H groups in total. The number of amides is 1. The predicted octanol–water partition coefficient (Wildman–Crippen LogP) is 4.98. The van der Waals surface area contributed by atoms with E-state index in [1.807, 2.05) is 24.3 Å². The largest absolute Gasteiger partial charge is 0.416 e. The van der Waals surface area contributed by atoms with E-state index in [4.69, 9.17) is 0 Å². The molecule has 0 aliphatic rings. The number of nitrogens with one attached hydrogen (secondary N) is 1. The molecule has 0 saturated heterocycles. The molecular weight excluding hydrogens is 349 g/mol. The summed E-state index contributed by atoms with van der Waals surface area (Å²) in [5, 5.41) is 3.60. The van der Waals surface area contributed by atoms with Crippen LogP contribution >= 0.6 is 11.8 Å². The van der Waals surface area contributed by atoms with Gasteiger partial charge in [-0.15, -0.1) is 11.8 Å². The smallest absolute Gasteiger partial charge is 0.324 e. The van der Waals surface area contributed by atoms with Crippen LogP contribution in [0.3, 0.4) is 0 Å². The number of alkyl halides is 3. The maximum Gasteiger partial charge on any atom is 0.416 e. The third-order valence-corrected chi connectivity index (χ3v) is 4.40. The molecule has 1 heterocycles. The van der Waals surface area contributed by atoms with Gasteiger partial charge in [0.2, 0.25) is 5.91 Å². The number of fused-ring (bicyclic) bond motifs is 1. The topological polar surface area (TPSA) is 42.0 Å². The highest BCUT2D eigenvalue weighted by Crippen LogP contribution is 2.31. The van der Waals surface area contributed by atoms with Gasteiger partial charge in [-0.05, 0) is 30.3 Å². The monoisotopic (exact) mass is 362 g/mol. The van der Waals surface area contributed by atoms with Crippen LogP contribution in [0.1, 0.15) is 5.56 Å². The standard InChI is InChI=1S/C18H13F3N2OS/c19-18(20,21)13-5-3-6-15(9-13)25-11-17(24)23-14-8-12-4-1-2-7-16(12)22-10-14/h1-10H,11H2,(H,23,24). The molecule has 25 heavy (non-hydrogen) atoms. The van der Waals surface area contributed by atoms with Crippen molar-refractivity contribution < 1.29 is 18.0 Å². The number of carbonyl (C=O) groups is 1. The van der Waals surface area contributed by atoms with Gasteiger partial charge in [0.1, 0.15) is 0 Å². The molecule has 3 aromatic rings. The van der Waals surface area contributed by atoms with Gasteiger partial charge in [0.15, 0.2) is 0 Å². The van der Waals surface area contributed by atoms with Gasteiger partial charge in [0.25, 0.3) is 0 Å². The molecule has 1 aromatic heterocycles. The summed E-state index contributed by atoms with van der Waals surface area (Å²) in [7, 11) is 0. The fourth-order valence-electron chi connectivity index (χ4n) is 2.25. The van der Waals surface area contributed by atoms with Crippen LogP contribution in [0.25, 0.3) is 10.9 Å². The van der Waals surface area contributed by atoms with E-state index in [2.05, 4.69) is 10.3 Å². The Bertz CT molecular complexity index is 912. The summed E-state index contributed by atoms with van der Waals surface area (Å²) >= 11 is 1.05. The highest BCUT2D eigenvalue weighted by atomic mass is 32.2. The zero-order chi connectivity index (χ0) is 17.9. The number of carbonyl (C=O) groups excluding carboxylic acids is 1. The van der Waals surface area contributed by atoms with E-state index in [1.165, 1.54) is 6.07 Å². The molecule has 0 fully saturated rings. The second kappa shape index (κ2) is 7.14. The molecule has 7 heteroatoms. The summed E-state index contributed by atoms with van der Waals surface area (Å²) in [6.45, 7) is 0.